The number of rotatable bonds is 9. The Morgan fingerprint density at radius 1 is 0.590 bits per heavy atom. The van der Waals surface area contributed by atoms with E-state index in [1.165, 1.54) is 11.1 Å². The fraction of sp³-hybridized carbons (Fsp3) is 0.105. The largest absolute Gasteiger partial charge is 0.380 e. The molecule has 0 heterocycles. The second kappa shape index (κ2) is 12.4. The molecule has 1 nitrogen and oxygen atoms in total. The summed E-state index contributed by atoms with van der Waals surface area (Å²) in [4.78, 5) is 0. The molecular formula is C38H34O. The summed E-state index contributed by atoms with van der Waals surface area (Å²) in [5, 5.41) is 12.3. The predicted octanol–water partition coefficient (Wildman–Crippen LogP) is 9.34. The number of aryl methyl sites for hydroxylation is 1. The lowest BCUT2D eigenvalue weighted by Gasteiger charge is -2.30. The fourth-order valence-electron chi connectivity index (χ4n) is 5.11. The van der Waals surface area contributed by atoms with E-state index in [0.717, 1.165) is 33.4 Å². The molecule has 39 heavy (non-hydrogen) atoms. The second-order valence-electron chi connectivity index (χ2n) is 9.96. The van der Waals surface area contributed by atoms with Gasteiger partial charge in [0.15, 0.2) is 0 Å². The molecule has 0 saturated heterocycles. The minimum Gasteiger partial charge on any atom is -0.380 e. The SMILES string of the molecule is Cc1ccc(/C=C/C(=C(\CCC(O)(c2ccccc2)c2ccccc2)c2ccccc2)c2ccccc2)cc1. The van der Waals surface area contributed by atoms with Gasteiger partial charge in [0.25, 0.3) is 0 Å². The maximum Gasteiger partial charge on any atom is 0.115 e. The van der Waals surface area contributed by atoms with Crippen molar-refractivity contribution in [2.24, 2.45) is 0 Å². The van der Waals surface area contributed by atoms with Crippen LogP contribution in [-0.4, -0.2) is 5.11 Å². The molecule has 0 aliphatic heterocycles. The van der Waals surface area contributed by atoms with E-state index in [-0.39, 0.29) is 0 Å². The quantitative estimate of drug-likeness (QED) is 0.156. The standard InChI is InChI=1S/C38H34O/c1-30-22-24-31(25-23-30)26-27-36(32-14-6-2-7-15-32)37(33-16-8-3-9-17-33)28-29-38(39,34-18-10-4-11-19-34)35-20-12-5-13-21-35/h2-27,39H,28-29H2,1H3/b27-26+,37-36-. The Kier molecular flexibility index (Phi) is 8.31. The highest BCUT2D eigenvalue weighted by Crippen LogP contribution is 2.39. The summed E-state index contributed by atoms with van der Waals surface area (Å²) < 4.78 is 0. The van der Waals surface area contributed by atoms with E-state index in [1.807, 2.05) is 60.7 Å². The van der Waals surface area contributed by atoms with E-state index in [1.54, 1.807) is 0 Å². The minimum atomic E-state index is -1.12. The summed E-state index contributed by atoms with van der Waals surface area (Å²) in [5.41, 5.74) is 7.77. The van der Waals surface area contributed by atoms with E-state index in [4.69, 9.17) is 0 Å². The third-order valence-electron chi connectivity index (χ3n) is 7.29. The Morgan fingerprint density at radius 3 is 1.56 bits per heavy atom. The van der Waals surface area contributed by atoms with Gasteiger partial charge < -0.3 is 5.11 Å². The summed E-state index contributed by atoms with van der Waals surface area (Å²) in [5.74, 6) is 0. The molecule has 0 bridgehead atoms. The molecule has 1 heteroatoms. The van der Waals surface area contributed by atoms with Crippen molar-refractivity contribution in [1.29, 1.82) is 0 Å². The predicted molar refractivity (Wildman–Crippen MR) is 165 cm³/mol. The van der Waals surface area contributed by atoms with Crippen molar-refractivity contribution >= 4 is 17.2 Å². The molecular weight excluding hydrogens is 472 g/mol. The van der Waals surface area contributed by atoms with Gasteiger partial charge in [-0.25, -0.2) is 0 Å². The van der Waals surface area contributed by atoms with Crippen molar-refractivity contribution in [2.75, 3.05) is 0 Å². The van der Waals surface area contributed by atoms with Gasteiger partial charge in [0, 0.05) is 0 Å². The van der Waals surface area contributed by atoms with Gasteiger partial charge in [0.2, 0.25) is 0 Å². The summed E-state index contributed by atoms with van der Waals surface area (Å²) in [6.07, 6.45) is 5.64. The maximum absolute atomic E-state index is 12.3. The van der Waals surface area contributed by atoms with Crippen LogP contribution in [0.2, 0.25) is 0 Å². The van der Waals surface area contributed by atoms with Gasteiger partial charge in [-0.15, -0.1) is 0 Å². The van der Waals surface area contributed by atoms with Crippen LogP contribution in [-0.2, 0) is 5.60 Å². The summed E-state index contributed by atoms with van der Waals surface area (Å²) in [7, 11) is 0. The average molecular weight is 507 g/mol. The van der Waals surface area contributed by atoms with Crippen molar-refractivity contribution in [1.82, 2.24) is 0 Å². The first-order chi connectivity index (χ1) is 19.1. The van der Waals surface area contributed by atoms with Gasteiger partial charge in [-0.2, -0.15) is 0 Å². The molecule has 5 rings (SSSR count). The molecule has 0 amide bonds. The lowest BCUT2D eigenvalue weighted by Crippen LogP contribution is -2.27. The molecule has 0 fully saturated rings. The van der Waals surface area contributed by atoms with E-state index in [2.05, 4.69) is 104 Å². The van der Waals surface area contributed by atoms with Crippen molar-refractivity contribution in [3.05, 3.63) is 185 Å². The molecule has 1 N–H and O–H groups in total. The molecule has 0 atom stereocenters. The maximum atomic E-state index is 12.3. The molecule has 0 aromatic heterocycles. The van der Waals surface area contributed by atoms with E-state index in [0.29, 0.717) is 12.8 Å². The summed E-state index contributed by atoms with van der Waals surface area (Å²) in [6, 6.07) is 49.8. The molecule has 5 aromatic carbocycles. The molecule has 0 spiro atoms. The topological polar surface area (TPSA) is 20.2 Å². The molecule has 0 unspecified atom stereocenters. The lowest BCUT2D eigenvalue weighted by atomic mass is 9.80. The van der Waals surface area contributed by atoms with Crippen LogP contribution in [0.5, 0.6) is 0 Å². The number of aliphatic hydroxyl groups is 1. The first-order valence-electron chi connectivity index (χ1n) is 13.6. The van der Waals surface area contributed by atoms with Crippen molar-refractivity contribution in [3.63, 3.8) is 0 Å². The van der Waals surface area contributed by atoms with Gasteiger partial charge in [-0.05, 0) is 58.7 Å². The first kappa shape index (κ1) is 26.2. The summed E-state index contributed by atoms with van der Waals surface area (Å²) >= 11 is 0. The van der Waals surface area contributed by atoms with E-state index in [9.17, 15) is 5.11 Å². The zero-order chi connectivity index (χ0) is 26.9. The zero-order valence-corrected chi connectivity index (χ0v) is 22.4. The first-order valence-corrected chi connectivity index (χ1v) is 13.6. The van der Waals surface area contributed by atoms with Crippen molar-refractivity contribution < 1.29 is 5.11 Å². The number of hydrogen-bond acceptors (Lipinski definition) is 1. The van der Waals surface area contributed by atoms with Gasteiger partial charge in [-0.3, -0.25) is 0 Å². The average Bonchev–Trinajstić information content (AvgIpc) is 3.01. The fourth-order valence-corrected chi connectivity index (χ4v) is 5.11. The van der Waals surface area contributed by atoms with E-state index < -0.39 is 5.60 Å². The minimum absolute atomic E-state index is 0.542. The highest BCUT2D eigenvalue weighted by atomic mass is 16.3. The van der Waals surface area contributed by atoms with Gasteiger partial charge in [0.1, 0.15) is 5.60 Å². The van der Waals surface area contributed by atoms with Crippen molar-refractivity contribution in [3.8, 4) is 0 Å². The number of allylic oxidation sites excluding steroid dienone is 3. The Labute approximate surface area is 232 Å². The van der Waals surface area contributed by atoms with Gasteiger partial charge in [0.05, 0.1) is 0 Å². The van der Waals surface area contributed by atoms with Crippen molar-refractivity contribution in [2.45, 2.75) is 25.4 Å². The smallest absolute Gasteiger partial charge is 0.115 e. The van der Waals surface area contributed by atoms with Crippen LogP contribution in [0.3, 0.4) is 0 Å². The molecule has 5 aromatic rings. The number of benzene rings is 5. The van der Waals surface area contributed by atoms with Gasteiger partial charge >= 0.3 is 0 Å². The van der Waals surface area contributed by atoms with Crippen LogP contribution in [0.1, 0.15) is 46.2 Å². The summed E-state index contributed by atoms with van der Waals surface area (Å²) in [6.45, 7) is 2.11. The van der Waals surface area contributed by atoms with Crippen LogP contribution in [0.4, 0.5) is 0 Å². The highest BCUT2D eigenvalue weighted by Gasteiger charge is 2.31. The molecule has 0 saturated carbocycles. The monoisotopic (exact) mass is 506 g/mol. The zero-order valence-electron chi connectivity index (χ0n) is 22.4. The Balaban J connectivity index is 1.63. The third kappa shape index (κ3) is 6.34. The molecule has 0 aliphatic rings. The number of hydrogen-bond donors (Lipinski definition) is 1. The molecule has 192 valence electrons. The third-order valence-corrected chi connectivity index (χ3v) is 7.29. The van der Waals surface area contributed by atoms with Gasteiger partial charge in [-0.1, -0.05) is 163 Å². The van der Waals surface area contributed by atoms with Crippen LogP contribution < -0.4 is 0 Å². The Hall–Kier alpha value is -4.46. The molecule has 0 radical (unpaired) electrons. The van der Waals surface area contributed by atoms with Crippen LogP contribution in [0.25, 0.3) is 17.2 Å². The molecule has 0 aliphatic carbocycles. The highest BCUT2D eigenvalue weighted by molar-refractivity contribution is 5.97. The Morgan fingerprint density at radius 2 is 1.05 bits per heavy atom. The van der Waals surface area contributed by atoms with Crippen LogP contribution in [0, 0.1) is 6.92 Å². The normalized spacial score (nSPS) is 12.4. The Bertz CT molecular complexity index is 1480. The van der Waals surface area contributed by atoms with Crippen LogP contribution >= 0.6 is 0 Å². The van der Waals surface area contributed by atoms with E-state index >= 15 is 0 Å². The van der Waals surface area contributed by atoms with Crippen LogP contribution in [0.15, 0.2) is 152 Å². The lowest BCUT2D eigenvalue weighted by molar-refractivity contribution is 0.0727. The second-order valence-corrected chi connectivity index (χ2v) is 9.96.